The van der Waals surface area contributed by atoms with Crippen LogP contribution in [0.5, 0.6) is 0 Å². The van der Waals surface area contributed by atoms with Gasteiger partial charge in [-0.15, -0.1) is 0 Å². The van der Waals surface area contributed by atoms with Crippen molar-refractivity contribution in [2.24, 2.45) is 0 Å². The molecule has 3 heterocycles. The highest BCUT2D eigenvalue weighted by atomic mass is 16.5. The minimum absolute atomic E-state index is 0.0221. The molecule has 0 N–H and O–H groups in total. The largest absolute Gasteiger partial charge is 0.461 e. The predicted octanol–water partition coefficient (Wildman–Crippen LogP) is 4.22. The Kier molecular flexibility index (Phi) is 8.62. The van der Waals surface area contributed by atoms with Gasteiger partial charge in [0.1, 0.15) is 12.1 Å². The molecule has 0 amide bonds. The number of likely N-dealkylation sites (tertiary alicyclic amines) is 1. The van der Waals surface area contributed by atoms with Crippen molar-refractivity contribution < 1.29 is 9.53 Å². The number of carbonyl (C=O) groups is 1. The van der Waals surface area contributed by atoms with Gasteiger partial charge in [-0.2, -0.15) is 0 Å². The van der Waals surface area contributed by atoms with Gasteiger partial charge in [-0.05, 0) is 88.2 Å². The molecule has 0 bridgehead atoms. The molecule has 1 atom stereocenters. The molecule has 1 saturated heterocycles. The molecule has 1 unspecified atom stereocenters. The fourth-order valence-corrected chi connectivity index (χ4v) is 4.04. The van der Waals surface area contributed by atoms with E-state index in [2.05, 4.69) is 27.0 Å². The van der Waals surface area contributed by atoms with Crippen LogP contribution >= 0.6 is 0 Å². The van der Waals surface area contributed by atoms with Gasteiger partial charge < -0.3 is 4.74 Å². The number of pyridine rings is 2. The Bertz CT molecular complexity index is 678. The molecule has 156 valence electrons. The summed E-state index contributed by atoms with van der Waals surface area (Å²) in [6.45, 7) is 0.979. The lowest BCUT2D eigenvalue weighted by molar-refractivity contribution is -0.157. The van der Waals surface area contributed by atoms with Gasteiger partial charge in [0.05, 0.1) is 0 Å². The zero-order valence-corrected chi connectivity index (χ0v) is 17.5. The van der Waals surface area contributed by atoms with E-state index < -0.39 is 0 Å². The van der Waals surface area contributed by atoms with Crippen molar-refractivity contribution in [3.05, 3.63) is 60.2 Å². The summed E-state index contributed by atoms with van der Waals surface area (Å²) in [5.74, 6) is -0.0417. The Balaban J connectivity index is 1.51. The topological polar surface area (TPSA) is 55.3 Å². The Morgan fingerprint density at radius 2 is 1.69 bits per heavy atom. The summed E-state index contributed by atoms with van der Waals surface area (Å²) in [5.41, 5.74) is 2.47. The van der Waals surface area contributed by atoms with Crippen molar-refractivity contribution in [2.75, 3.05) is 13.6 Å². The lowest BCUT2D eigenvalue weighted by Gasteiger charge is -2.32. The number of esters is 1. The molecule has 0 aromatic carbocycles. The number of rotatable bonds is 10. The second-order valence-corrected chi connectivity index (χ2v) is 8.06. The zero-order chi connectivity index (χ0) is 20.3. The summed E-state index contributed by atoms with van der Waals surface area (Å²) < 4.78 is 6.02. The molecule has 0 saturated carbocycles. The average molecular weight is 396 g/mol. The van der Waals surface area contributed by atoms with Crippen molar-refractivity contribution in [2.45, 2.75) is 69.9 Å². The van der Waals surface area contributed by atoms with E-state index in [1.54, 1.807) is 12.4 Å². The van der Waals surface area contributed by atoms with Gasteiger partial charge in [0.25, 0.3) is 0 Å². The minimum atomic E-state index is -0.0807. The van der Waals surface area contributed by atoms with Crippen LogP contribution in [-0.2, 0) is 22.4 Å². The monoisotopic (exact) mass is 395 g/mol. The van der Waals surface area contributed by atoms with Gasteiger partial charge in [-0.1, -0.05) is 18.6 Å². The third-order valence-electron chi connectivity index (χ3n) is 5.75. The van der Waals surface area contributed by atoms with E-state index in [4.69, 9.17) is 4.74 Å². The van der Waals surface area contributed by atoms with Crippen LogP contribution in [0.3, 0.4) is 0 Å². The first-order valence-corrected chi connectivity index (χ1v) is 10.9. The summed E-state index contributed by atoms with van der Waals surface area (Å²) in [6, 6.07) is 8.07. The van der Waals surface area contributed by atoms with Gasteiger partial charge in [-0.25, -0.2) is 0 Å². The molecule has 1 aliphatic heterocycles. The number of ether oxygens (including phenoxy) is 1. The fourth-order valence-electron chi connectivity index (χ4n) is 4.04. The van der Waals surface area contributed by atoms with Crippen LogP contribution in [0.25, 0.3) is 0 Å². The summed E-state index contributed by atoms with van der Waals surface area (Å²) in [6.07, 6.45) is 16.3. The molecule has 5 nitrogen and oxygen atoms in total. The lowest BCUT2D eigenvalue weighted by atomic mass is 10.0. The maximum atomic E-state index is 12.8. The van der Waals surface area contributed by atoms with E-state index in [9.17, 15) is 4.79 Å². The first-order chi connectivity index (χ1) is 14.2. The first kappa shape index (κ1) is 21.4. The highest BCUT2D eigenvalue weighted by Crippen LogP contribution is 2.20. The van der Waals surface area contributed by atoms with Crippen molar-refractivity contribution >= 4 is 5.97 Å². The van der Waals surface area contributed by atoms with Crippen LogP contribution < -0.4 is 0 Å². The number of nitrogens with zero attached hydrogens (tertiary/aromatic N) is 3. The fraction of sp³-hybridized carbons (Fsp3) is 0.542. The highest BCUT2D eigenvalue weighted by Gasteiger charge is 2.29. The van der Waals surface area contributed by atoms with Crippen LogP contribution in [0, 0.1) is 0 Å². The third-order valence-corrected chi connectivity index (χ3v) is 5.75. The molecule has 5 heteroatoms. The number of hydrogen-bond acceptors (Lipinski definition) is 5. The zero-order valence-electron chi connectivity index (χ0n) is 17.5. The van der Waals surface area contributed by atoms with E-state index in [-0.39, 0.29) is 18.1 Å². The highest BCUT2D eigenvalue weighted by molar-refractivity contribution is 5.76. The standard InChI is InChI=1S/C24H33N3O2/c1-27-17-3-2-14-23(27)24(28)29-22(12-4-8-20-10-6-15-25-18-20)13-5-9-21-11-7-16-26-19-21/h6-7,10-11,15-16,18-19,22-23H,2-5,8-9,12-14,17H2,1H3. The number of likely N-dealkylation sites (N-methyl/N-ethyl adjacent to an activating group) is 1. The van der Waals surface area contributed by atoms with Gasteiger partial charge in [0.2, 0.25) is 0 Å². The average Bonchev–Trinajstić information content (AvgIpc) is 2.75. The molecule has 3 rings (SSSR count). The maximum absolute atomic E-state index is 12.8. The molecule has 0 radical (unpaired) electrons. The lowest BCUT2D eigenvalue weighted by Crippen LogP contribution is -2.44. The number of hydrogen-bond donors (Lipinski definition) is 0. The molecule has 1 fully saturated rings. The van der Waals surface area contributed by atoms with Crippen molar-refractivity contribution in [3.63, 3.8) is 0 Å². The Morgan fingerprint density at radius 1 is 1.07 bits per heavy atom. The first-order valence-electron chi connectivity index (χ1n) is 10.9. The minimum Gasteiger partial charge on any atom is -0.461 e. The molecular weight excluding hydrogens is 362 g/mol. The SMILES string of the molecule is CN1CCCCC1C(=O)OC(CCCc1cccnc1)CCCc1cccnc1. The van der Waals surface area contributed by atoms with E-state index >= 15 is 0 Å². The van der Waals surface area contributed by atoms with Crippen molar-refractivity contribution in [1.82, 2.24) is 14.9 Å². The molecule has 0 aliphatic carbocycles. The van der Waals surface area contributed by atoms with Crippen LogP contribution in [0.1, 0.15) is 56.1 Å². The summed E-state index contributed by atoms with van der Waals surface area (Å²) in [4.78, 5) is 23.3. The van der Waals surface area contributed by atoms with E-state index in [0.717, 1.165) is 57.9 Å². The van der Waals surface area contributed by atoms with Crippen LogP contribution in [0.2, 0.25) is 0 Å². The third kappa shape index (κ3) is 7.24. The second kappa shape index (κ2) is 11.7. The Labute approximate surface area is 174 Å². The van der Waals surface area contributed by atoms with E-state index in [1.165, 1.54) is 17.5 Å². The van der Waals surface area contributed by atoms with Crippen molar-refractivity contribution in [1.29, 1.82) is 0 Å². The smallest absolute Gasteiger partial charge is 0.323 e. The Hall–Kier alpha value is -2.27. The van der Waals surface area contributed by atoms with Gasteiger partial charge in [-0.3, -0.25) is 19.7 Å². The van der Waals surface area contributed by atoms with Crippen molar-refractivity contribution in [3.8, 4) is 0 Å². The predicted molar refractivity (Wildman–Crippen MR) is 114 cm³/mol. The second-order valence-electron chi connectivity index (χ2n) is 8.06. The molecule has 2 aromatic rings. The van der Waals surface area contributed by atoms with Crippen LogP contribution in [0.4, 0.5) is 0 Å². The number of carbonyl (C=O) groups excluding carboxylic acids is 1. The number of aryl methyl sites for hydroxylation is 2. The quantitative estimate of drug-likeness (QED) is 0.564. The summed E-state index contributed by atoms with van der Waals surface area (Å²) in [7, 11) is 2.03. The summed E-state index contributed by atoms with van der Waals surface area (Å²) in [5, 5.41) is 0. The molecule has 29 heavy (non-hydrogen) atoms. The number of aromatic nitrogens is 2. The molecular formula is C24H33N3O2. The van der Waals surface area contributed by atoms with Crippen LogP contribution in [-0.4, -0.2) is 46.6 Å². The van der Waals surface area contributed by atoms with E-state index in [0.29, 0.717) is 0 Å². The number of piperidine rings is 1. The van der Waals surface area contributed by atoms with Crippen LogP contribution in [0.15, 0.2) is 49.1 Å². The maximum Gasteiger partial charge on any atom is 0.323 e. The molecule has 0 spiro atoms. The van der Waals surface area contributed by atoms with Gasteiger partial charge >= 0.3 is 5.97 Å². The molecule has 2 aromatic heterocycles. The van der Waals surface area contributed by atoms with Gasteiger partial charge in [0, 0.05) is 24.8 Å². The van der Waals surface area contributed by atoms with E-state index in [1.807, 2.05) is 31.6 Å². The normalized spacial score (nSPS) is 17.4. The van der Waals surface area contributed by atoms with Gasteiger partial charge in [0.15, 0.2) is 0 Å². The Morgan fingerprint density at radius 3 is 2.21 bits per heavy atom. The summed E-state index contributed by atoms with van der Waals surface area (Å²) >= 11 is 0. The molecule has 1 aliphatic rings.